The van der Waals surface area contributed by atoms with Crippen molar-refractivity contribution in [1.29, 1.82) is 0 Å². The molecule has 0 amide bonds. The molecular formula is C15H11N7O6Se. The van der Waals surface area contributed by atoms with Gasteiger partial charge in [0.2, 0.25) is 0 Å². The van der Waals surface area contributed by atoms with E-state index in [0.29, 0.717) is 15.6 Å². The van der Waals surface area contributed by atoms with E-state index >= 15 is 0 Å². The first-order chi connectivity index (χ1) is 13.8. The number of aromatic nitrogens is 4. The summed E-state index contributed by atoms with van der Waals surface area (Å²) in [5.74, 6) is 0. The molecule has 0 aliphatic carbocycles. The monoisotopic (exact) mass is 465 g/mol. The Bertz CT molecular complexity index is 1050. The first-order valence-corrected chi connectivity index (χ1v) is 9.95. The number of nitrogens with zero attached hydrogens (tertiary/aromatic N) is 7. The molecule has 0 aliphatic heterocycles. The van der Waals surface area contributed by atoms with Gasteiger partial charge < -0.3 is 0 Å². The fourth-order valence-electron chi connectivity index (χ4n) is 2.39. The molecule has 1 heterocycles. The van der Waals surface area contributed by atoms with Crippen molar-refractivity contribution in [2.75, 3.05) is 0 Å². The number of hydrogen-bond acceptors (Lipinski definition) is 9. The van der Waals surface area contributed by atoms with Crippen LogP contribution in [0, 0.1) is 30.3 Å². The summed E-state index contributed by atoms with van der Waals surface area (Å²) in [4.78, 5) is 30.9. The summed E-state index contributed by atoms with van der Waals surface area (Å²) in [6, 6.07) is 9.45. The summed E-state index contributed by atoms with van der Waals surface area (Å²) in [6.45, 7) is 0.289. The predicted molar refractivity (Wildman–Crippen MR) is 98.9 cm³/mol. The number of tetrazole rings is 1. The second-order valence-electron chi connectivity index (χ2n) is 5.70. The van der Waals surface area contributed by atoms with Gasteiger partial charge in [-0.2, -0.15) is 0 Å². The molecule has 2 aromatic carbocycles. The summed E-state index contributed by atoms with van der Waals surface area (Å²) in [7, 11) is 0. The van der Waals surface area contributed by atoms with Crippen LogP contribution in [0.5, 0.6) is 0 Å². The Morgan fingerprint density at radius 2 is 1.41 bits per heavy atom. The molecule has 148 valence electrons. The molecule has 0 bridgehead atoms. The van der Waals surface area contributed by atoms with Gasteiger partial charge in [-0.05, 0) is 0 Å². The van der Waals surface area contributed by atoms with E-state index in [9.17, 15) is 30.3 Å². The Morgan fingerprint density at radius 1 is 0.828 bits per heavy atom. The Balaban J connectivity index is 1.74. The molecule has 0 radical (unpaired) electrons. The third kappa shape index (κ3) is 4.94. The van der Waals surface area contributed by atoms with Crippen molar-refractivity contribution < 1.29 is 14.8 Å². The summed E-state index contributed by atoms with van der Waals surface area (Å²) >= 11 is -0.354. The molecule has 0 unspecified atom stereocenters. The van der Waals surface area contributed by atoms with Crippen LogP contribution in [0.3, 0.4) is 0 Å². The molecule has 14 heteroatoms. The zero-order valence-corrected chi connectivity index (χ0v) is 16.2. The van der Waals surface area contributed by atoms with E-state index in [1.165, 1.54) is 28.9 Å². The Hall–Kier alpha value is -3.77. The minimum absolute atomic E-state index is 0.0258. The Morgan fingerprint density at radius 3 is 1.97 bits per heavy atom. The van der Waals surface area contributed by atoms with Crippen LogP contribution in [-0.2, 0) is 11.9 Å². The molecule has 29 heavy (non-hydrogen) atoms. The Kier molecular flexibility index (Phi) is 5.85. The molecule has 0 saturated carbocycles. The standard InChI is InChI=1S/C15H11N7O6Se/c23-20(24)12-3-1-10(2-4-12)8-19-15(16-17-18-19)29-9-11-5-13(21(25)26)7-14(6-11)22(27)28/h1-7H,8-9H2. The van der Waals surface area contributed by atoms with Gasteiger partial charge in [-0.1, -0.05) is 0 Å². The fraction of sp³-hybridized carbons (Fsp3) is 0.133. The van der Waals surface area contributed by atoms with Gasteiger partial charge in [-0.25, -0.2) is 0 Å². The second-order valence-corrected chi connectivity index (χ2v) is 7.68. The molecule has 0 aliphatic rings. The first-order valence-electron chi connectivity index (χ1n) is 7.88. The van der Waals surface area contributed by atoms with E-state index in [1.807, 2.05) is 0 Å². The van der Waals surface area contributed by atoms with Crippen molar-refractivity contribution in [3.8, 4) is 0 Å². The van der Waals surface area contributed by atoms with Crippen LogP contribution in [-0.4, -0.2) is 49.9 Å². The van der Waals surface area contributed by atoms with Gasteiger partial charge in [-0.15, -0.1) is 0 Å². The first kappa shape index (κ1) is 20.0. The Labute approximate surface area is 167 Å². The number of non-ortho nitro benzene ring substituents is 3. The minimum atomic E-state index is -0.678. The quantitative estimate of drug-likeness (QED) is 0.267. The van der Waals surface area contributed by atoms with E-state index in [4.69, 9.17) is 0 Å². The van der Waals surface area contributed by atoms with Crippen LogP contribution in [0.1, 0.15) is 11.1 Å². The van der Waals surface area contributed by atoms with Crippen LogP contribution in [0.25, 0.3) is 0 Å². The molecule has 0 atom stereocenters. The van der Waals surface area contributed by atoms with Gasteiger partial charge in [0.15, 0.2) is 0 Å². The SMILES string of the molecule is O=[N+]([O-])c1ccc(Cn2nnnc2[Se]Cc2cc([N+](=O)[O-])cc([N+](=O)[O-])c2)cc1. The average molecular weight is 464 g/mol. The maximum absolute atomic E-state index is 11.0. The number of benzene rings is 2. The van der Waals surface area contributed by atoms with E-state index in [2.05, 4.69) is 15.5 Å². The van der Waals surface area contributed by atoms with Crippen LogP contribution in [0.4, 0.5) is 17.1 Å². The number of hydrogen-bond donors (Lipinski definition) is 0. The maximum atomic E-state index is 11.0. The van der Waals surface area contributed by atoms with Crippen molar-refractivity contribution in [3.63, 3.8) is 0 Å². The van der Waals surface area contributed by atoms with Crippen molar-refractivity contribution in [3.05, 3.63) is 83.9 Å². The van der Waals surface area contributed by atoms with Crippen LogP contribution in [0.2, 0.25) is 0 Å². The fourth-order valence-corrected chi connectivity index (χ4v) is 4.09. The molecule has 13 nitrogen and oxygen atoms in total. The molecule has 0 fully saturated rings. The zero-order chi connectivity index (χ0) is 21.0. The second kappa shape index (κ2) is 8.50. The van der Waals surface area contributed by atoms with Crippen LogP contribution >= 0.6 is 0 Å². The zero-order valence-electron chi connectivity index (χ0n) is 14.4. The van der Waals surface area contributed by atoms with Crippen molar-refractivity contribution in [2.45, 2.75) is 11.9 Å². The van der Waals surface area contributed by atoms with Crippen molar-refractivity contribution in [1.82, 2.24) is 20.2 Å². The van der Waals surface area contributed by atoms with Gasteiger partial charge in [-0.3, -0.25) is 0 Å². The summed E-state index contributed by atoms with van der Waals surface area (Å²) in [5.41, 5.74) is 0.467. The van der Waals surface area contributed by atoms with E-state index in [0.717, 1.165) is 11.6 Å². The molecule has 0 N–H and O–H groups in total. The van der Waals surface area contributed by atoms with Gasteiger partial charge in [0.05, 0.1) is 0 Å². The van der Waals surface area contributed by atoms with E-state index < -0.39 is 14.8 Å². The molecule has 3 rings (SSSR count). The van der Waals surface area contributed by atoms with Gasteiger partial charge in [0.1, 0.15) is 0 Å². The molecular weight excluding hydrogens is 453 g/mol. The van der Waals surface area contributed by atoms with Crippen molar-refractivity contribution >= 4 is 36.7 Å². The number of nitro benzene ring substituents is 3. The molecule has 0 spiro atoms. The molecule has 1 aromatic heterocycles. The van der Waals surface area contributed by atoms with Gasteiger partial charge in [0.25, 0.3) is 0 Å². The van der Waals surface area contributed by atoms with Crippen molar-refractivity contribution in [2.24, 2.45) is 0 Å². The van der Waals surface area contributed by atoms with Crippen LogP contribution < -0.4 is 4.72 Å². The summed E-state index contributed by atoms with van der Waals surface area (Å²) in [6.07, 6.45) is 0. The normalized spacial score (nSPS) is 10.6. The predicted octanol–water partition coefficient (Wildman–Crippen LogP) is 0.976. The third-order valence-electron chi connectivity index (χ3n) is 3.73. The topological polar surface area (TPSA) is 173 Å². The summed E-state index contributed by atoms with van der Waals surface area (Å²) in [5, 5.41) is 44.5. The summed E-state index contributed by atoms with van der Waals surface area (Å²) < 4.78 is 2.05. The molecule has 3 aromatic rings. The number of rotatable bonds is 8. The van der Waals surface area contributed by atoms with E-state index in [1.54, 1.807) is 12.1 Å². The third-order valence-corrected chi connectivity index (χ3v) is 5.89. The van der Waals surface area contributed by atoms with E-state index in [-0.39, 0.29) is 38.6 Å². The average Bonchev–Trinajstić information content (AvgIpc) is 3.13. The molecule has 0 saturated heterocycles. The van der Waals surface area contributed by atoms with Gasteiger partial charge >= 0.3 is 168 Å². The number of nitro groups is 3. The van der Waals surface area contributed by atoms with Crippen LogP contribution in [0.15, 0.2) is 42.5 Å². The van der Waals surface area contributed by atoms with Gasteiger partial charge in [0, 0.05) is 0 Å².